The summed E-state index contributed by atoms with van der Waals surface area (Å²) in [4.78, 5) is 12.1. The molecule has 6 heteroatoms. The summed E-state index contributed by atoms with van der Waals surface area (Å²) in [6, 6.07) is 4.28. The molecule has 0 saturated carbocycles. The van der Waals surface area contributed by atoms with Gasteiger partial charge >= 0.3 is 0 Å². The number of carbonyl (C=O) groups is 1. The van der Waals surface area contributed by atoms with Crippen molar-refractivity contribution in [3.63, 3.8) is 0 Å². The quantitative estimate of drug-likeness (QED) is 0.865. The summed E-state index contributed by atoms with van der Waals surface area (Å²) in [6.45, 7) is 6.04. The van der Waals surface area contributed by atoms with Crippen molar-refractivity contribution in [2.45, 2.75) is 38.6 Å². The molecule has 116 valence electrons. The molecule has 0 spiro atoms. The molecule has 1 aromatic heterocycles. The van der Waals surface area contributed by atoms with Gasteiger partial charge in [-0.3, -0.25) is 4.79 Å². The number of halogens is 2. The number of fused-ring (bicyclic) bond motifs is 1. The van der Waals surface area contributed by atoms with E-state index in [2.05, 4.69) is 10.4 Å². The van der Waals surface area contributed by atoms with Crippen molar-refractivity contribution in [2.75, 3.05) is 5.32 Å². The van der Waals surface area contributed by atoms with E-state index in [9.17, 15) is 9.18 Å². The van der Waals surface area contributed by atoms with Crippen LogP contribution in [0.4, 0.5) is 10.2 Å². The number of hydrogen-bond donors (Lipinski definition) is 1. The van der Waals surface area contributed by atoms with E-state index in [1.165, 1.54) is 12.1 Å². The standard InChI is InChI=1S/C16H17ClFN3O/c1-16(2,3)21-15-12(8-19-21)11(7-14(22)20-15)10-5-4-9(18)6-13(10)17/h4-6,8,11H,7H2,1-3H3,(H,20,22). The van der Waals surface area contributed by atoms with Crippen LogP contribution in [0.25, 0.3) is 0 Å². The van der Waals surface area contributed by atoms with Gasteiger partial charge in [0.05, 0.1) is 11.7 Å². The van der Waals surface area contributed by atoms with Crippen LogP contribution < -0.4 is 5.32 Å². The monoisotopic (exact) mass is 321 g/mol. The molecule has 22 heavy (non-hydrogen) atoms. The maximum atomic E-state index is 13.3. The van der Waals surface area contributed by atoms with Crippen LogP contribution in [0, 0.1) is 5.82 Å². The smallest absolute Gasteiger partial charge is 0.226 e. The lowest BCUT2D eigenvalue weighted by atomic mass is 9.87. The number of benzene rings is 1. The topological polar surface area (TPSA) is 46.9 Å². The fraction of sp³-hybridized carbons (Fsp3) is 0.375. The summed E-state index contributed by atoms with van der Waals surface area (Å²) in [5.74, 6) is -0.00870. The fourth-order valence-corrected chi connectivity index (χ4v) is 3.09. The minimum atomic E-state index is -0.389. The number of anilines is 1. The van der Waals surface area contributed by atoms with Gasteiger partial charge in [0.25, 0.3) is 0 Å². The minimum absolute atomic E-state index is 0.0936. The van der Waals surface area contributed by atoms with Crippen molar-refractivity contribution in [1.82, 2.24) is 9.78 Å². The van der Waals surface area contributed by atoms with Crippen LogP contribution in [-0.2, 0) is 10.3 Å². The number of hydrogen-bond acceptors (Lipinski definition) is 2. The number of nitrogens with zero attached hydrogens (tertiary/aromatic N) is 2. The van der Waals surface area contributed by atoms with Crippen LogP contribution in [0.3, 0.4) is 0 Å². The predicted octanol–water partition coefficient (Wildman–Crippen LogP) is 3.90. The second-order valence-electron chi connectivity index (χ2n) is 6.50. The molecule has 0 aliphatic carbocycles. The van der Waals surface area contributed by atoms with Crippen molar-refractivity contribution < 1.29 is 9.18 Å². The van der Waals surface area contributed by atoms with Crippen molar-refractivity contribution >= 4 is 23.3 Å². The van der Waals surface area contributed by atoms with Crippen molar-refractivity contribution in [3.05, 3.63) is 46.4 Å². The molecule has 1 amide bonds. The summed E-state index contributed by atoms with van der Waals surface area (Å²) < 4.78 is 15.1. The molecular weight excluding hydrogens is 305 g/mol. The minimum Gasteiger partial charge on any atom is -0.311 e. The number of aromatic nitrogens is 2. The molecule has 1 aliphatic rings. The zero-order valence-corrected chi connectivity index (χ0v) is 13.4. The lowest BCUT2D eigenvalue weighted by Gasteiger charge is -2.28. The molecule has 4 nitrogen and oxygen atoms in total. The number of amides is 1. The lowest BCUT2D eigenvalue weighted by molar-refractivity contribution is -0.116. The molecule has 0 fully saturated rings. The molecule has 2 heterocycles. The third-order valence-electron chi connectivity index (χ3n) is 3.79. The Hall–Kier alpha value is -1.88. The predicted molar refractivity (Wildman–Crippen MR) is 83.7 cm³/mol. The largest absolute Gasteiger partial charge is 0.311 e. The number of rotatable bonds is 1. The third kappa shape index (κ3) is 2.50. The molecule has 0 radical (unpaired) electrons. The Morgan fingerprint density at radius 2 is 2.09 bits per heavy atom. The van der Waals surface area contributed by atoms with Gasteiger partial charge in [-0.2, -0.15) is 5.10 Å². The van der Waals surface area contributed by atoms with Gasteiger partial charge in [-0.15, -0.1) is 0 Å². The maximum Gasteiger partial charge on any atom is 0.226 e. The molecule has 1 aliphatic heterocycles. The highest BCUT2D eigenvalue weighted by Gasteiger charge is 2.33. The van der Waals surface area contributed by atoms with Crippen molar-refractivity contribution in [1.29, 1.82) is 0 Å². The van der Waals surface area contributed by atoms with Gasteiger partial charge in [-0.25, -0.2) is 9.07 Å². The van der Waals surface area contributed by atoms with Crippen LogP contribution in [-0.4, -0.2) is 15.7 Å². The summed E-state index contributed by atoms with van der Waals surface area (Å²) in [7, 11) is 0. The van der Waals surface area contributed by atoms with E-state index >= 15 is 0 Å². The average Bonchev–Trinajstić information content (AvgIpc) is 2.81. The van der Waals surface area contributed by atoms with Crippen molar-refractivity contribution in [2.24, 2.45) is 0 Å². The summed E-state index contributed by atoms with van der Waals surface area (Å²) >= 11 is 6.17. The van der Waals surface area contributed by atoms with E-state index < -0.39 is 0 Å². The van der Waals surface area contributed by atoms with E-state index in [1.54, 1.807) is 16.9 Å². The summed E-state index contributed by atoms with van der Waals surface area (Å²) in [5.41, 5.74) is 1.39. The molecule has 0 saturated heterocycles. The van der Waals surface area contributed by atoms with Crippen LogP contribution in [0.5, 0.6) is 0 Å². The van der Waals surface area contributed by atoms with Gasteiger partial charge in [-0.05, 0) is 38.5 Å². The molecule has 2 aromatic rings. The van der Waals surface area contributed by atoms with E-state index in [0.717, 1.165) is 11.1 Å². The summed E-state index contributed by atoms with van der Waals surface area (Å²) in [6.07, 6.45) is 2.03. The second-order valence-corrected chi connectivity index (χ2v) is 6.91. The Morgan fingerprint density at radius 3 is 2.73 bits per heavy atom. The lowest BCUT2D eigenvalue weighted by Crippen LogP contribution is -2.30. The second kappa shape index (κ2) is 5.09. The van der Waals surface area contributed by atoms with Crippen LogP contribution in [0.15, 0.2) is 24.4 Å². The third-order valence-corrected chi connectivity index (χ3v) is 4.12. The van der Waals surface area contributed by atoms with Crippen molar-refractivity contribution in [3.8, 4) is 0 Å². The Balaban J connectivity index is 2.13. The van der Waals surface area contributed by atoms with Gasteiger partial charge in [-0.1, -0.05) is 17.7 Å². The Bertz CT molecular complexity index is 748. The van der Waals surface area contributed by atoms with E-state index in [0.29, 0.717) is 10.8 Å². The first-order chi connectivity index (χ1) is 10.3. The zero-order valence-electron chi connectivity index (χ0n) is 12.7. The van der Waals surface area contributed by atoms with Gasteiger partial charge in [0.15, 0.2) is 0 Å². The van der Waals surface area contributed by atoms with Crippen LogP contribution in [0.2, 0.25) is 5.02 Å². The molecule has 1 unspecified atom stereocenters. The Morgan fingerprint density at radius 1 is 1.36 bits per heavy atom. The molecule has 0 bridgehead atoms. The highest BCUT2D eigenvalue weighted by molar-refractivity contribution is 6.31. The van der Waals surface area contributed by atoms with E-state index in [1.807, 2.05) is 20.8 Å². The number of carbonyl (C=O) groups excluding carboxylic acids is 1. The van der Waals surface area contributed by atoms with Gasteiger partial charge in [0, 0.05) is 22.9 Å². The maximum absolute atomic E-state index is 13.3. The molecule has 3 rings (SSSR count). The van der Waals surface area contributed by atoms with Gasteiger partial charge < -0.3 is 5.32 Å². The average molecular weight is 322 g/mol. The Labute approximate surface area is 133 Å². The normalized spacial score (nSPS) is 18.0. The van der Waals surface area contributed by atoms with Gasteiger partial charge in [0.2, 0.25) is 5.91 Å². The van der Waals surface area contributed by atoms with E-state index in [-0.39, 0.29) is 29.6 Å². The van der Waals surface area contributed by atoms with E-state index in [4.69, 9.17) is 11.6 Å². The molecule has 1 atom stereocenters. The molecule has 1 aromatic carbocycles. The first-order valence-electron chi connectivity index (χ1n) is 7.10. The number of nitrogens with one attached hydrogen (secondary N) is 1. The highest BCUT2D eigenvalue weighted by atomic mass is 35.5. The zero-order chi connectivity index (χ0) is 16.1. The fourth-order valence-electron chi connectivity index (χ4n) is 2.79. The molecular formula is C16H17ClFN3O. The first-order valence-corrected chi connectivity index (χ1v) is 7.48. The summed E-state index contributed by atoms with van der Waals surface area (Å²) in [5, 5.41) is 7.63. The van der Waals surface area contributed by atoms with Crippen LogP contribution >= 0.6 is 11.6 Å². The van der Waals surface area contributed by atoms with Crippen LogP contribution in [0.1, 0.15) is 44.2 Å². The highest BCUT2D eigenvalue weighted by Crippen LogP contribution is 2.41. The Kier molecular flexibility index (Phi) is 3.48. The SMILES string of the molecule is CC(C)(C)n1ncc2c1NC(=O)CC2c1ccc(F)cc1Cl. The first kappa shape index (κ1) is 15.0. The van der Waals surface area contributed by atoms with Gasteiger partial charge in [0.1, 0.15) is 11.6 Å². The molecule has 1 N–H and O–H groups in total.